The number of carbonyl (C=O) groups excluding carboxylic acids is 1. The zero-order valence-electron chi connectivity index (χ0n) is 14.6. The van der Waals surface area contributed by atoms with E-state index in [1.807, 2.05) is 24.3 Å². The van der Waals surface area contributed by atoms with E-state index >= 15 is 0 Å². The number of aliphatic imine (C=N–C) groups is 1. The van der Waals surface area contributed by atoms with Crippen LogP contribution in [0.1, 0.15) is 22.3 Å². The fourth-order valence-electron chi connectivity index (χ4n) is 2.25. The van der Waals surface area contributed by atoms with Gasteiger partial charge in [-0.3, -0.25) is 9.79 Å². The fraction of sp³-hybridized carbons (Fsp3) is 0.263. The average molecular weight is 393 g/mol. The molecule has 5 nitrogen and oxygen atoms in total. The molecular formula is C19H22Cl2N4O. The number of hydrogen-bond acceptors (Lipinski definition) is 2. The summed E-state index contributed by atoms with van der Waals surface area (Å²) in [6.45, 7) is 1.81. The average Bonchev–Trinajstić information content (AvgIpc) is 2.65. The molecule has 0 atom stereocenters. The number of nitrogens with one attached hydrogen (secondary N) is 3. The van der Waals surface area contributed by atoms with Crippen LogP contribution in [0, 0.1) is 0 Å². The zero-order chi connectivity index (χ0) is 18.8. The predicted octanol–water partition coefficient (Wildman–Crippen LogP) is 3.48. The maximum Gasteiger partial charge on any atom is 0.251 e. The van der Waals surface area contributed by atoms with Gasteiger partial charge in [-0.1, -0.05) is 47.5 Å². The van der Waals surface area contributed by atoms with Crippen LogP contribution in [-0.2, 0) is 6.54 Å². The van der Waals surface area contributed by atoms with Crippen LogP contribution in [0.15, 0.2) is 53.5 Å². The lowest BCUT2D eigenvalue weighted by atomic mass is 10.2. The lowest BCUT2D eigenvalue weighted by Crippen LogP contribution is -2.38. The quantitative estimate of drug-likeness (QED) is 0.383. The number of carbonyl (C=O) groups is 1. The van der Waals surface area contributed by atoms with Crippen LogP contribution >= 0.6 is 23.2 Å². The molecule has 1 amide bonds. The van der Waals surface area contributed by atoms with E-state index in [9.17, 15) is 4.79 Å². The second-order valence-electron chi connectivity index (χ2n) is 5.56. The van der Waals surface area contributed by atoms with Crippen molar-refractivity contribution >= 4 is 35.1 Å². The van der Waals surface area contributed by atoms with Gasteiger partial charge in [-0.05, 0) is 36.2 Å². The van der Waals surface area contributed by atoms with Crippen LogP contribution in [-0.4, -0.2) is 32.0 Å². The Morgan fingerprint density at radius 3 is 2.42 bits per heavy atom. The summed E-state index contributed by atoms with van der Waals surface area (Å²) in [5.74, 6) is 0.607. The lowest BCUT2D eigenvalue weighted by molar-refractivity contribution is 0.0953. The topological polar surface area (TPSA) is 65.5 Å². The van der Waals surface area contributed by atoms with Gasteiger partial charge in [-0.2, -0.15) is 0 Å². The van der Waals surface area contributed by atoms with Gasteiger partial charge in [0, 0.05) is 42.3 Å². The molecule has 2 aromatic carbocycles. The van der Waals surface area contributed by atoms with E-state index in [1.165, 1.54) is 0 Å². The maximum absolute atomic E-state index is 11.9. The number of benzene rings is 2. The molecule has 0 aliphatic heterocycles. The number of halogens is 2. The van der Waals surface area contributed by atoms with Gasteiger partial charge in [0.2, 0.25) is 0 Å². The minimum atomic E-state index is -0.0644. The first-order valence-corrected chi connectivity index (χ1v) is 9.07. The highest BCUT2D eigenvalue weighted by Crippen LogP contribution is 2.20. The number of rotatable bonds is 7. The summed E-state index contributed by atoms with van der Waals surface area (Å²) in [7, 11) is 1.70. The second-order valence-corrected chi connectivity index (χ2v) is 6.41. The molecular weight excluding hydrogens is 371 g/mol. The molecule has 0 spiro atoms. The van der Waals surface area contributed by atoms with E-state index in [2.05, 4.69) is 20.9 Å². The maximum atomic E-state index is 11.9. The van der Waals surface area contributed by atoms with E-state index in [0.717, 1.165) is 12.0 Å². The Kier molecular flexibility index (Phi) is 8.25. The zero-order valence-corrected chi connectivity index (χ0v) is 16.1. The van der Waals surface area contributed by atoms with Gasteiger partial charge in [0.1, 0.15) is 0 Å². The SMILES string of the molecule is CN=C(NCCCNC(=O)c1ccccc1)NCc1ccc(Cl)cc1Cl. The van der Waals surface area contributed by atoms with Gasteiger partial charge in [0.05, 0.1) is 0 Å². The lowest BCUT2D eigenvalue weighted by Gasteiger charge is -2.13. The Morgan fingerprint density at radius 2 is 1.73 bits per heavy atom. The van der Waals surface area contributed by atoms with Gasteiger partial charge < -0.3 is 16.0 Å². The Balaban J connectivity index is 1.66. The molecule has 0 fully saturated rings. The monoisotopic (exact) mass is 392 g/mol. The first kappa shape index (κ1) is 20.1. The first-order valence-electron chi connectivity index (χ1n) is 8.32. The first-order chi connectivity index (χ1) is 12.6. The van der Waals surface area contributed by atoms with Crippen LogP contribution in [0.2, 0.25) is 10.0 Å². The smallest absolute Gasteiger partial charge is 0.251 e. The summed E-state index contributed by atoms with van der Waals surface area (Å²) in [4.78, 5) is 16.1. The predicted molar refractivity (Wildman–Crippen MR) is 108 cm³/mol. The van der Waals surface area contributed by atoms with Gasteiger partial charge in [-0.15, -0.1) is 0 Å². The summed E-state index contributed by atoms with van der Waals surface area (Å²) >= 11 is 12.1. The van der Waals surface area contributed by atoms with Crippen LogP contribution in [0.3, 0.4) is 0 Å². The van der Waals surface area contributed by atoms with E-state index < -0.39 is 0 Å². The van der Waals surface area contributed by atoms with Crippen molar-refractivity contribution in [2.24, 2.45) is 4.99 Å². The van der Waals surface area contributed by atoms with Crippen molar-refractivity contribution in [2.45, 2.75) is 13.0 Å². The molecule has 0 aliphatic carbocycles. The number of nitrogens with zero attached hydrogens (tertiary/aromatic N) is 1. The molecule has 0 heterocycles. The molecule has 2 rings (SSSR count). The Labute approximate surface area is 163 Å². The van der Waals surface area contributed by atoms with E-state index in [1.54, 1.807) is 31.3 Å². The Hall–Kier alpha value is -2.24. The minimum absolute atomic E-state index is 0.0644. The van der Waals surface area contributed by atoms with Crippen molar-refractivity contribution in [2.75, 3.05) is 20.1 Å². The van der Waals surface area contributed by atoms with Gasteiger partial charge >= 0.3 is 0 Å². The van der Waals surface area contributed by atoms with Gasteiger partial charge in [0.25, 0.3) is 5.91 Å². The molecule has 0 aromatic heterocycles. The Bertz CT molecular complexity index is 750. The van der Waals surface area contributed by atoms with Crippen LogP contribution < -0.4 is 16.0 Å². The highest BCUT2D eigenvalue weighted by atomic mass is 35.5. The molecule has 0 aliphatic rings. The Morgan fingerprint density at radius 1 is 1.00 bits per heavy atom. The molecule has 0 radical (unpaired) electrons. The highest BCUT2D eigenvalue weighted by molar-refractivity contribution is 6.35. The van der Waals surface area contributed by atoms with Gasteiger partial charge in [-0.25, -0.2) is 0 Å². The molecule has 0 bridgehead atoms. The van der Waals surface area contributed by atoms with Gasteiger partial charge in [0.15, 0.2) is 5.96 Å². The summed E-state index contributed by atoms with van der Waals surface area (Å²) in [5, 5.41) is 10.5. The molecule has 7 heteroatoms. The summed E-state index contributed by atoms with van der Waals surface area (Å²) in [5.41, 5.74) is 1.60. The van der Waals surface area contributed by atoms with Crippen molar-refractivity contribution in [1.82, 2.24) is 16.0 Å². The van der Waals surface area contributed by atoms with Crippen LogP contribution in [0.5, 0.6) is 0 Å². The van der Waals surface area contributed by atoms with Crippen molar-refractivity contribution in [3.8, 4) is 0 Å². The third-order valence-electron chi connectivity index (χ3n) is 3.65. The molecule has 2 aromatic rings. The summed E-state index contributed by atoms with van der Waals surface area (Å²) < 4.78 is 0. The highest BCUT2D eigenvalue weighted by Gasteiger charge is 2.04. The normalized spacial score (nSPS) is 11.1. The van der Waals surface area contributed by atoms with Crippen molar-refractivity contribution < 1.29 is 4.79 Å². The third-order valence-corrected chi connectivity index (χ3v) is 4.24. The largest absolute Gasteiger partial charge is 0.356 e. The fourth-order valence-corrected chi connectivity index (χ4v) is 2.73. The van der Waals surface area contributed by atoms with Crippen molar-refractivity contribution in [3.63, 3.8) is 0 Å². The molecule has 3 N–H and O–H groups in total. The van der Waals surface area contributed by atoms with Crippen LogP contribution in [0.25, 0.3) is 0 Å². The van der Waals surface area contributed by atoms with Crippen molar-refractivity contribution in [1.29, 1.82) is 0 Å². The number of amides is 1. The molecule has 138 valence electrons. The molecule has 26 heavy (non-hydrogen) atoms. The molecule has 0 saturated heterocycles. The van der Waals surface area contributed by atoms with E-state index in [0.29, 0.717) is 41.2 Å². The molecule has 0 unspecified atom stereocenters. The number of guanidine groups is 1. The van der Waals surface area contributed by atoms with E-state index in [4.69, 9.17) is 23.2 Å². The second kappa shape index (κ2) is 10.7. The number of hydrogen-bond donors (Lipinski definition) is 3. The summed E-state index contributed by atoms with van der Waals surface area (Å²) in [6, 6.07) is 14.6. The van der Waals surface area contributed by atoms with E-state index in [-0.39, 0.29) is 5.91 Å². The minimum Gasteiger partial charge on any atom is -0.356 e. The standard InChI is InChI=1S/C19H22Cl2N4O/c1-22-19(25-13-15-8-9-16(20)12-17(15)21)24-11-5-10-23-18(26)14-6-3-2-4-7-14/h2-4,6-9,12H,5,10-11,13H2,1H3,(H,23,26)(H2,22,24,25). The summed E-state index contributed by atoms with van der Waals surface area (Å²) in [6.07, 6.45) is 0.779. The van der Waals surface area contributed by atoms with Crippen LogP contribution in [0.4, 0.5) is 0 Å². The van der Waals surface area contributed by atoms with Crippen molar-refractivity contribution in [3.05, 3.63) is 69.7 Å². The third kappa shape index (κ3) is 6.58. The molecule has 0 saturated carbocycles.